The Morgan fingerprint density at radius 3 is 2.39 bits per heavy atom. The van der Waals surface area contributed by atoms with Gasteiger partial charge in [0.15, 0.2) is 0 Å². The van der Waals surface area contributed by atoms with E-state index in [1.165, 1.54) is 0 Å². The number of hydrogen-bond acceptors (Lipinski definition) is 7. The number of fused-ring (bicyclic) bond motifs is 2. The number of aromatic carboxylic acids is 1. The molecule has 2 aliphatic heterocycles. The van der Waals surface area contributed by atoms with Crippen LogP contribution in [0.4, 0.5) is 4.79 Å². The Kier molecular flexibility index (Phi) is 11.2. The molecule has 3 aromatic carbocycles. The van der Waals surface area contributed by atoms with Gasteiger partial charge in [-0.25, -0.2) is 19.1 Å². The number of thioether (sulfide) groups is 1. The van der Waals surface area contributed by atoms with E-state index in [-0.39, 0.29) is 48.3 Å². The molecule has 0 saturated carbocycles. The molecule has 4 aromatic rings. The second kappa shape index (κ2) is 16.1. The summed E-state index contributed by atoms with van der Waals surface area (Å²) in [5, 5.41) is 36.3. The normalized spacial score (nSPS) is 18.4. The summed E-state index contributed by atoms with van der Waals surface area (Å²) in [6.45, 7) is 0.353. The number of hydrogen-bond donors (Lipinski definition) is 6. The van der Waals surface area contributed by atoms with Gasteiger partial charge < -0.3 is 31.5 Å². The smallest absolute Gasteiger partial charge is 0.335 e. The fraction of sp³-hybridized carbons (Fsp3) is 0.351. The first-order valence-electron chi connectivity index (χ1n) is 17.1. The van der Waals surface area contributed by atoms with Gasteiger partial charge in [-0.1, -0.05) is 36.8 Å². The van der Waals surface area contributed by atoms with E-state index >= 15 is 0 Å². The zero-order valence-electron chi connectivity index (χ0n) is 27.8. The summed E-state index contributed by atoms with van der Waals surface area (Å²) >= 11 is 1.83. The number of rotatable bonds is 16. The van der Waals surface area contributed by atoms with Crippen LogP contribution in [0.15, 0.2) is 72.8 Å². The van der Waals surface area contributed by atoms with Crippen molar-refractivity contribution < 1.29 is 34.2 Å². The number of aromatic nitrogens is 2. The number of carbonyl (C=O) groups excluding carboxylic acids is 3. The van der Waals surface area contributed by atoms with E-state index in [4.69, 9.17) is 5.10 Å². The van der Waals surface area contributed by atoms with Crippen LogP contribution < -0.4 is 21.3 Å². The van der Waals surface area contributed by atoms with Crippen LogP contribution in [0.2, 0.25) is 0 Å². The van der Waals surface area contributed by atoms with Crippen molar-refractivity contribution in [2.24, 2.45) is 0 Å². The average Bonchev–Trinajstić information content (AvgIpc) is 3.82. The van der Waals surface area contributed by atoms with E-state index in [0.29, 0.717) is 42.3 Å². The van der Waals surface area contributed by atoms with Crippen LogP contribution in [-0.4, -0.2) is 85.5 Å². The number of para-hydroxylation sites is 1. The lowest BCUT2D eigenvalue weighted by molar-refractivity contribution is -0.142. The molecule has 3 heterocycles. The van der Waals surface area contributed by atoms with Crippen LogP contribution >= 0.6 is 11.8 Å². The van der Waals surface area contributed by atoms with Gasteiger partial charge in [0, 0.05) is 40.5 Å². The minimum Gasteiger partial charge on any atom is -0.480 e. The molecule has 2 aliphatic rings. The fourth-order valence-electron chi connectivity index (χ4n) is 6.58. The molecule has 266 valence electrons. The summed E-state index contributed by atoms with van der Waals surface area (Å²) in [6, 6.07) is 20.5. The van der Waals surface area contributed by atoms with Crippen molar-refractivity contribution in [2.75, 3.05) is 12.3 Å². The third-order valence-corrected chi connectivity index (χ3v) is 10.8. The van der Waals surface area contributed by atoms with Crippen LogP contribution in [0, 0.1) is 0 Å². The molecule has 14 heteroatoms. The number of amides is 4. The number of aliphatic carboxylic acids is 1. The number of benzene rings is 3. The van der Waals surface area contributed by atoms with E-state index in [2.05, 4.69) is 21.3 Å². The standard InChI is InChI=1S/C37H40N6O7S/c44-31(11-4-3-10-30-33-28(21-51-30)40-37(50)41-33)39-27(36(48)49)8-5-6-20-38-34(45)23-16-18-25(19-17-23)43-29-9-2-1-7-26(29)32(42-43)22-12-14-24(15-13-22)35(46)47/h1-2,7,9,12-19,27-28,30,33H,3-6,8,10-11,20-21H2,(H,38,45)(H,39,44)(H,46,47)(H,48,49)(H2,40,41,50)/t27-,28-,30-,33-/m0/s1. The molecule has 0 unspecified atom stereocenters. The number of carboxylic acid groups (broad SMARTS) is 2. The summed E-state index contributed by atoms with van der Waals surface area (Å²) in [5.41, 5.74) is 3.76. The maximum absolute atomic E-state index is 12.8. The van der Waals surface area contributed by atoms with E-state index in [1.807, 2.05) is 36.0 Å². The number of unbranched alkanes of at least 4 members (excludes halogenated alkanes) is 2. The average molecular weight is 713 g/mol. The van der Waals surface area contributed by atoms with E-state index < -0.39 is 18.0 Å². The Balaban J connectivity index is 0.936. The lowest BCUT2D eigenvalue weighted by Gasteiger charge is -2.17. The Morgan fingerprint density at radius 1 is 0.902 bits per heavy atom. The van der Waals surface area contributed by atoms with Gasteiger partial charge in [-0.05, 0) is 74.6 Å². The molecular weight excluding hydrogens is 673 g/mol. The Labute approximate surface area is 298 Å². The first kappa shape index (κ1) is 35.5. The molecule has 6 N–H and O–H groups in total. The first-order chi connectivity index (χ1) is 24.7. The maximum atomic E-state index is 12.8. The van der Waals surface area contributed by atoms with Crippen LogP contribution in [0.3, 0.4) is 0 Å². The third-order valence-electron chi connectivity index (χ3n) is 9.29. The summed E-state index contributed by atoms with van der Waals surface area (Å²) in [7, 11) is 0. The highest BCUT2D eigenvalue weighted by Crippen LogP contribution is 2.33. The van der Waals surface area contributed by atoms with Gasteiger partial charge in [0.25, 0.3) is 5.91 Å². The number of carbonyl (C=O) groups is 5. The highest BCUT2D eigenvalue weighted by Gasteiger charge is 2.42. The lowest BCUT2D eigenvalue weighted by Crippen LogP contribution is -2.40. The van der Waals surface area contributed by atoms with Crippen LogP contribution in [0.25, 0.3) is 27.8 Å². The highest BCUT2D eigenvalue weighted by atomic mass is 32.2. The molecule has 0 radical (unpaired) electrons. The minimum absolute atomic E-state index is 0.121. The van der Waals surface area contributed by atoms with E-state index in [1.54, 1.807) is 53.2 Å². The van der Waals surface area contributed by atoms with E-state index in [0.717, 1.165) is 40.7 Å². The Morgan fingerprint density at radius 2 is 1.65 bits per heavy atom. The fourth-order valence-corrected chi connectivity index (χ4v) is 8.12. The van der Waals surface area contributed by atoms with Gasteiger partial charge in [0.2, 0.25) is 5.91 Å². The molecule has 0 aliphatic carbocycles. The van der Waals surface area contributed by atoms with Gasteiger partial charge >= 0.3 is 18.0 Å². The predicted octanol–water partition coefficient (Wildman–Crippen LogP) is 4.59. The van der Waals surface area contributed by atoms with Crippen molar-refractivity contribution in [2.45, 2.75) is 68.3 Å². The van der Waals surface area contributed by atoms with Gasteiger partial charge in [0.05, 0.1) is 28.9 Å². The maximum Gasteiger partial charge on any atom is 0.335 e. The summed E-state index contributed by atoms with van der Waals surface area (Å²) in [4.78, 5) is 59.9. The summed E-state index contributed by atoms with van der Waals surface area (Å²) in [5.74, 6) is -1.74. The van der Waals surface area contributed by atoms with Gasteiger partial charge in [-0.15, -0.1) is 0 Å². The van der Waals surface area contributed by atoms with Gasteiger partial charge in [-0.2, -0.15) is 16.9 Å². The molecule has 1 aromatic heterocycles. The predicted molar refractivity (Wildman–Crippen MR) is 193 cm³/mol. The monoisotopic (exact) mass is 712 g/mol. The van der Waals surface area contributed by atoms with Crippen molar-refractivity contribution in [1.82, 2.24) is 31.0 Å². The van der Waals surface area contributed by atoms with Crippen molar-refractivity contribution in [1.29, 1.82) is 0 Å². The number of nitrogens with zero attached hydrogens (tertiary/aromatic N) is 2. The lowest BCUT2D eigenvalue weighted by atomic mass is 10.0. The SMILES string of the molecule is O=C(CCCC[C@@H]1SC[C@@H]2NC(=O)N[C@@H]21)N[C@@H](CCCCNC(=O)c1ccc(-n2nc(-c3ccc(C(=O)O)cc3)c3ccccc32)cc1)C(=O)O. The molecule has 13 nitrogen and oxygen atoms in total. The summed E-state index contributed by atoms with van der Waals surface area (Å²) in [6.07, 6.45) is 3.90. The molecule has 0 spiro atoms. The quantitative estimate of drug-likeness (QED) is 0.0713. The van der Waals surface area contributed by atoms with E-state index in [9.17, 15) is 34.2 Å². The molecule has 51 heavy (non-hydrogen) atoms. The molecule has 6 rings (SSSR count). The summed E-state index contributed by atoms with van der Waals surface area (Å²) < 4.78 is 1.79. The van der Waals surface area contributed by atoms with Gasteiger partial charge in [-0.3, -0.25) is 9.59 Å². The highest BCUT2D eigenvalue weighted by molar-refractivity contribution is 8.00. The molecular formula is C37H40N6O7S. The second-order valence-corrected chi connectivity index (χ2v) is 14.1. The van der Waals surface area contributed by atoms with Crippen molar-refractivity contribution in [3.63, 3.8) is 0 Å². The number of nitrogens with one attached hydrogen (secondary N) is 4. The zero-order valence-corrected chi connectivity index (χ0v) is 28.7. The van der Waals surface area contributed by atoms with Crippen molar-refractivity contribution >= 4 is 52.4 Å². The minimum atomic E-state index is -1.08. The zero-order chi connectivity index (χ0) is 35.9. The largest absolute Gasteiger partial charge is 0.480 e. The molecule has 4 atom stereocenters. The van der Waals surface area contributed by atoms with Crippen molar-refractivity contribution in [3.05, 3.63) is 83.9 Å². The third kappa shape index (κ3) is 8.51. The second-order valence-electron chi connectivity index (χ2n) is 12.8. The van der Waals surface area contributed by atoms with Crippen molar-refractivity contribution in [3.8, 4) is 16.9 Å². The van der Waals surface area contributed by atoms with Crippen LogP contribution in [0.1, 0.15) is 65.7 Å². The molecule has 4 amide bonds. The first-order valence-corrected chi connectivity index (χ1v) is 18.1. The van der Waals surface area contributed by atoms with Gasteiger partial charge in [0.1, 0.15) is 11.7 Å². The Hall–Kier alpha value is -5.37. The Bertz CT molecular complexity index is 1910. The molecule has 0 bridgehead atoms. The van der Waals surface area contributed by atoms with Crippen LogP contribution in [0.5, 0.6) is 0 Å². The van der Waals surface area contributed by atoms with Crippen LogP contribution in [-0.2, 0) is 9.59 Å². The number of carboxylic acids is 2. The number of urea groups is 1. The molecule has 2 saturated heterocycles. The molecule has 2 fully saturated rings. The topological polar surface area (TPSA) is 192 Å².